The fourth-order valence-electron chi connectivity index (χ4n) is 4.52. The van der Waals surface area contributed by atoms with Crippen molar-refractivity contribution >= 4 is 23.1 Å². The second-order valence-electron chi connectivity index (χ2n) is 9.18. The van der Waals surface area contributed by atoms with Gasteiger partial charge in [0.2, 0.25) is 5.91 Å². The average Bonchev–Trinajstić information content (AvgIpc) is 3.28. The number of hydrogen-bond donors (Lipinski definition) is 2. The summed E-state index contributed by atoms with van der Waals surface area (Å²) in [6, 6.07) is 13.1. The lowest BCUT2D eigenvalue weighted by Crippen LogP contribution is -2.43. The average molecular weight is 419 g/mol. The maximum absolute atomic E-state index is 13.0. The molecular formula is C26H30N2O3. The summed E-state index contributed by atoms with van der Waals surface area (Å²) in [6.45, 7) is 4.25. The molecule has 1 amide bonds. The first kappa shape index (κ1) is 21.2. The van der Waals surface area contributed by atoms with Crippen LogP contribution in [0.4, 0.5) is 5.69 Å². The van der Waals surface area contributed by atoms with E-state index in [1.165, 1.54) is 5.56 Å². The molecule has 5 heteroatoms. The predicted octanol–water partition coefficient (Wildman–Crippen LogP) is 4.97. The summed E-state index contributed by atoms with van der Waals surface area (Å²) in [5.74, 6) is 0.880. The highest BCUT2D eigenvalue weighted by Crippen LogP contribution is 2.32. The van der Waals surface area contributed by atoms with E-state index in [1.807, 2.05) is 12.1 Å². The van der Waals surface area contributed by atoms with E-state index in [2.05, 4.69) is 30.5 Å². The third kappa shape index (κ3) is 4.82. The van der Waals surface area contributed by atoms with Gasteiger partial charge < -0.3 is 15.4 Å². The van der Waals surface area contributed by atoms with Gasteiger partial charge in [0, 0.05) is 40.0 Å². The van der Waals surface area contributed by atoms with Crippen LogP contribution >= 0.6 is 0 Å². The highest BCUT2D eigenvalue weighted by molar-refractivity contribution is 6.09. The second kappa shape index (κ2) is 8.58. The molecule has 0 atom stereocenters. The summed E-state index contributed by atoms with van der Waals surface area (Å²) in [5, 5.41) is 6.47. The molecule has 2 aromatic rings. The maximum atomic E-state index is 13.0. The van der Waals surface area contributed by atoms with Crippen LogP contribution in [0.5, 0.6) is 5.75 Å². The van der Waals surface area contributed by atoms with Crippen molar-refractivity contribution in [3.63, 3.8) is 0 Å². The quantitative estimate of drug-likeness (QED) is 0.531. The van der Waals surface area contributed by atoms with E-state index in [0.29, 0.717) is 5.56 Å². The number of nitrogens with one attached hydrogen (secondary N) is 2. The number of carbonyl (C=O) groups excluding carboxylic acids is 2. The van der Waals surface area contributed by atoms with Crippen molar-refractivity contribution in [3.8, 4) is 5.75 Å². The molecule has 1 fully saturated rings. The summed E-state index contributed by atoms with van der Waals surface area (Å²) in [5.41, 5.74) is 4.14. The van der Waals surface area contributed by atoms with Gasteiger partial charge in [-0.2, -0.15) is 0 Å². The van der Waals surface area contributed by atoms with Crippen LogP contribution in [0.2, 0.25) is 0 Å². The number of anilines is 1. The number of ketones is 1. The number of carbonyl (C=O) groups is 2. The van der Waals surface area contributed by atoms with Gasteiger partial charge in [0.1, 0.15) is 5.75 Å². The van der Waals surface area contributed by atoms with Crippen molar-refractivity contribution in [1.29, 1.82) is 0 Å². The number of ether oxygens (including phenoxy) is 1. The van der Waals surface area contributed by atoms with Gasteiger partial charge >= 0.3 is 0 Å². The number of hydrogen-bond acceptors (Lipinski definition) is 4. The highest BCUT2D eigenvalue weighted by Gasteiger charge is 2.28. The zero-order valence-corrected chi connectivity index (χ0v) is 18.5. The number of amides is 1. The van der Waals surface area contributed by atoms with Gasteiger partial charge in [-0.25, -0.2) is 0 Å². The highest BCUT2D eigenvalue weighted by atomic mass is 16.5. The normalized spacial score (nSPS) is 18.9. The lowest BCUT2D eigenvalue weighted by Gasteiger charge is -2.35. The zero-order valence-electron chi connectivity index (χ0n) is 18.5. The Kier molecular flexibility index (Phi) is 5.86. The first-order valence-corrected chi connectivity index (χ1v) is 11.0. The fourth-order valence-corrected chi connectivity index (χ4v) is 4.52. The zero-order chi connectivity index (χ0) is 22.0. The van der Waals surface area contributed by atoms with E-state index in [4.69, 9.17) is 4.74 Å². The first-order chi connectivity index (χ1) is 14.8. The molecule has 0 radical (unpaired) electrons. The predicted molar refractivity (Wildman–Crippen MR) is 123 cm³/mol. The van der Waals surface area contributed by atoms with Crippen molar-refractivity contribution in [2.75, 3.05) is 12.4 Å². The summed E-state index contributed by atoms with van der Waals surface area (Å²) in [4.78, 5) is 25.3. The Morgan fingerprint density at radius 2 is 1.81 bits per heavy atom. The largest absolute Gasteiger partial charge is 0.497 e. The third-order valence-corrected chi connectivity index (χ3v) is 6.15. The molecule has 5 nitrogen and oxygen atoms in total. The molecule has 1 saturated carbocycles. The Labute approximate surface area is 183 Å². The molecule has 31 heavy (non-hydrogen) atoms. The number of rotatable bonds is 5. The van der Waals surface area contributed by atoms with Crippen LogP contribution in [0.25, 0.3) is 5.70 Å². The molecule has 0 unspecified atom stereocenters. The molecule has 2 aromatic carbocycles. The lowest BCUT2D eigenvalue weighted by molar-refractivity contribution is -0.119. The summed E-state index contributed by atoms with van der Waals surface area (Å²) >= 11 is 0. The minimum absolute atomic E-state index is 0.0809. The molecular weight excluding hydrogens is 388 g/mol. The summed E-state index contributed by atoms with van der Waals surface area (Å²) in [7, 11) is 1.64. The Hall–Kier alpha value is -3.08. The van der Waals surface area contributed by atoms with Crippen LogP contribution in [0.3, 0.4) is 0 Å². The minimum atomic E-state index is -0.151. The molecule has 0 aromatic heterocycles. The topological polar surface area (TPSA) is 67.4 Å². The molecule has 4 rings (SSSR count). The fraction of sp³-hybridized carbons (Fsp3) is 0.385. The van der Waals surface area contributed by atoms with Gasteiger partial charge in [0.05, 0.1) is 7.11 Å². The van der Waals surface area contributed by atoms with Crippen molar-refractivity contribution in [1.82, 2.24) is 5.32 Å². The van der Waals surface area contributed by atoms with Crippen molar-refractivity contribution in [2.24, 2.45) is 5.92 Å². The van der Waals surface area contributed by atoms with Crippen LogP contribution in [0.15, 0.2) is 48.5 Å². The molecule has 0 bridgehead atoms. The standard InChI is InChI=1S/C26H30N2O3/c1-26(2)16-19-10-13-21(31-3)14-22(19)23(28-26)15-24(29)17-8-11-20(12-9-17)27-25(30)18-6-4-5-7-18/h8-15,18,28H,4-7,16H2,1-3H3,(H,27,30). The Balaban J connectivity index is 1.53. The summed E-state index contributed by atoms with van der Waals surface area (Å²) < 4.78 is 5.38. The number of fused-ring (bicyclic) bond motifs is 1. The first-order valence-electron chi connectivity index (χ1n) is 11.0. The Morgan fingerprint density at radius 1 is 1.10 bits per heavy atom. The monoisotopic (exact) mass is 418 g/mol. The Morgan fingerprint density at radius 3 is 2.48 bits per heavy atom. The summed E-state index contributed by atoms with van der Waals surface area (Å²) in [6.07, 6.45) is 6.70. The second-order valence-corrected chi connectivity index (χ2v) is 9.18. The van der Waals surface area contributed by atoms with Crippen LogP contribution in [0, 0.1) is 5.92 Å². The maximum Gasteiger partial charge on any atom is 0.227 e. The van der Waals surface area contributed by atoms with Gasteiger partial charge in [-0.05, 0) is 75.1 Å². The molecule has 2 N–H and O–H groups in total. The van der Waals surface area contributed by atoms with Gasteiger partial charge in [-0.1, -0.05) is 18.9 Å². The molecule has 1 heterocycles. The van der Waals surface area contributed by atoms with Gasteiger partial charge in [0.15, 0.2) is 5.78 Å². The minimum Gasteiger partial charge on any atom is -0.497 e. The third-order valence-electron chi connectivity index (χ3n) is 6.15. The van der Waals surface area contributed by atoms with Crippen LogP contribution in [0.1, 0.15) is 61.0 Å². The number of methoxy groups -OCH3 is 1. The van der Waals surface area contributed by atoms with Crippen molar-refractivity contribution in [2.45, 2.75) is 51.5 Å². The molecule has 2 aliphatic rings. The number of allylic oxidation sites excluding steroid dienone is 1. The molecule has 162 valence electrons. The lowest BCUT2D eigenvalue weighted by atomic mass is 9.85. The SMILES string of the molecule is COc1ccc2c(c1)C(=CC(=O)c1ccc(NC(=O)C3CCCC3)cc1)NC(C)(C)C2. The smallest absolute Gasteiger partial charge is 0.227 e. The number of benzene rings is 2. The molecule has 0 spiro atoms. The van der Waals surface area contributed by atoms with E-state index < -0.39 is 0 Å². The van der Waals surface area contributed by atoms with E-state index in [9.17, 15) is 9.59 Å². The Bertz CT molecular complexity index is 1020. The molecule has 1 aliphatic heterocycles. The van der Waals surface area contributed by atoms with Crippen LogP contribution in [-0.4, -0.2) is 24.3 Å². The van der Waals surface area contributed by atoms with Crippen molar-refractivity contribution < 1.29 is 14.3 Å². The van der Waals surface area contributed by atoms with Crippen LogP contribution in [-0.2, 0) is 11.2 Å². The van der Waals surface area contributed by atoms with Gasteiger partial charge in [-0.3, -0.25) is 9.59 Å². The molecule has 1 aliphatic carbocycles. The van der Waals surface area contributed by atoms with E-state index in [0.717, 1.165) is 54.8 Å². The van der Waals surface area contributed by atoms with Crippen LogP contribution < -0.4 is 15.4 Å². The van der Waals surface area contributed by atoms with E-state index in [-0.39, 0.29) is 23.1 Å². The van der Waals surface area contributed by atoms with Gasteiger partial charge in [0.25, 0.3) is 0 Å². The van der Waals surface area contributed by atoms with Crippen molar-refractivity contribution in [3.05, 3.63) is 65.2 Å². The van der Waals surface area contributed by atoms with Gasteiger partial charge in [-0.15, -0.1) is 0 Å². The molecule has 0 saturated heterocycles. The van der Waals surface area contributed by atoms with E-state index in [1.54, 1.807) is 37.5 Å². The van der Waals surface area contributed by atoms with E-state index >= 15 is 0 Å².